The van der Waals surface area contributed by atoms with Gasteiger partial charge in [-0.25, -0.2) is 9.78 Å². The monoisotopic (exact) mass is 506 g/mol. The number of carboxylic acids is 1. The third-order valence-corrected chi connectivity index (χ3v) is 6.13. The van der Waals surface area contributed by atoms with Crippen molar-refractivity contribution in [3.63, 3.8) is 0 Å². The number of hydrogen-bond acceptors (Lipinski definition) is 8. The molecule has 0 aliphatic rings. The SMILES string of the molecule is COc1ccc(-c2cc(OCC(=O)O)c(C)cc2OCc2nc(-c3ccc([N+](=O)[O-])cc3)cs2)cc1. The molecule has 10 heteroatoms. The highest BCUT2D eigenvalue weighted by atomic mass is 32.1. The number of hydrogen-bond donors (Lipinski definition) is 1. The summed E-state index contributed by atoms with van der Waals surface area (Å²) in [6.07, 6.45) is 0. The number of aromatic nitrogens is 1. The molecule has 1 heterocycles. The van der Waals surface area contributed by atoms with Gasteiger partial charge in [-0.3, -0.25) is 10.1 Å². The normalized spacial score (nSPS) is 10.6. The van der Waals surface area contributed by atoms with Gasteiger partial charge in [-0.05, 0) is 54.4 Å². The number of aliphatic carboxylic acids is 1. The standard InChI is InChI=1S/C26H22N2O7S/c1-16-11-24(21(12-23(16)35-14-26(29)30)17-5-9-20(33-2)10-6-17)34-13-25-27-22(15-36-25)18-3-7-19(8-4-18)28(31)32/h3-12,15H,13-14H2,1-2H3,(H,29,30). The van der Waals surface area contributed by atoms with Gasteiger partial charge in [0.05, 0.1) is 17.7 Å². The maximum atomic E-state index is 11.0. The lowest BCUT2D eigenvalue weighted by atomic mass is 10.0. The van der Waals surface area contributed by atoms with E-state index in [-0.39, 0.29) is 12.3 Å². The van der Waals surface area contributed by atoms with Gasteiger partial charge in [0.1, 0.15) is 28.9 Å². The van der Waals surface area contributed by atoms with Crippen molar-refractivity contribution in [2.45, 2.75) is 13.5 Å². The number of benzene rings is 3. The molecule has 36 heavy (non-hydrogen) atoms. The lowest BCUT2D eigenvalue weighted by molar-refractivity contribution is -0.384. The molecule has 0 aliphatic heterocycles. The Bertz CT molecular complexity index is 1380. The molecule has 0 spiro atoms. The Kier molecular flexibility index (Phi) is 7.45. The van der Waals surface area contributed by atoms with Crippen LogP contribution in [0.15, 0.2) is 66.0 Å². The van der Waals surface area contributed by atoms with E-state index in [9.17, 15) is 14.9 Å². The van der Waals surface area contributed by atoms with E-state index in [4.69, 9.17) is 19.3 Å². The van der Waals surface area contributed by atoms with Crippen LogP contribution in [0.2, 0.25) is 0 Å². The summed E-state index contributed by atoms with van der Waals surface area (Å²) in [5.74, 6) is 0.684. The molecule has 0 bridgehead atoms. The van der Waals surface area contributed by atoms with E-state index in [0.29, 0.717) is 22.9 Å². The van der Waals surface area contributed by atoms with Crippen LogP contribution in [0.4, 0.5) is 5.69 Å². The fraction of sp³-hybridized carbons (Fsp3) is 0.154. The van der Waals surface area contributed by atoms with Gasteiger partial charge in [-0.15, -0.1) is 11.3 Å². The molecule has 1 aromatic heterocycles. The van der Waals surface area contributed by atoms with Crippen molar-refractivity contribution in [3.8, 4) is 39.6 Å². The first-order chi connectivity index (χ1) is 17.3. The number of rotatable bonds is 10. The van der Waals surface area contributed by atoms with Crippen molar-refractivity contribution in [2.24, 2.45) is 0 Å². The van der Waals surface area contributed by atoms with E-state index in [2.05, 4.69) is 4.98 Å². The summed E-state index contributed by atoms with van der Waals surface area (Å²) in [7, 11) is 1.59. The zero-order valence-electron chi connectivity index (χ0n) is 19.5. The highest BCUT2D eigenvalue weighted by molar-refractivity contribution is 7.09. The first kappa shape index (κ1) is 24.7. The van der Waals surface area contributed by atoms with Crippen LogP contribution in [-0.2, 0) is 11.4 Å². The predicted octanol–water partition coefficient (Wildman–Crippen LogP) is 5.74. The maximum absolute atomic E-state index is 11.0. The number of methoxy groups -OCH3 is 1. The average molecular weight is 507 g/mol. The molecule has 0 saturated heterocycles. The number of nitrogens with zero attached hydrogens (tertiary/aromatic N) is 2. The van der Waals surface area contributed by atoms with Gasteiger partial charge in [0.2, 0.25) is 0 Å². The Balaban J connectivity index is 1.58. The molecule has 9 nitrogen and oxygen atoms in total. The lowest BCUT2D eigenvalue weighted by Crippen LogP contribution is -2.10. The van der Waals surface area contributed by atoms with Gasteiger partial charge >= 0.3 is 5.97 Å². The average Bonchev–Trinajstić information content (AvgIpc) is 3.36. The number of nitro groups is 1. The van der Waals surface area contributed by atoms with Crippen molar-refractivity contribution in [1.29, 1.82) is 0 Å². The van der Waals surface area contributed by atoms with Crippen molar-refractivity contribution in [2.75, 3.05) is 13.7 Å². The minimum Gasteiger partial charge on any atom is -0.497 e. The van der Waals surface area contributed by atoms with E-state index in [0.717, 1.165) is 27.3 Å². The molecule has 4 rings (SSSR count). The largest absolute Gasteiger partial charge is 0.497 e. The third kappa shape index (κ3) is 5.78. The Morgan fingerprint density at radius 3 is 2.36 bits per heavy atom. The van der Waals surface area contributed by atoms with Crippen LogP contribution in [-0.4, -0.2) is 34.7 Å². The molecule has 0 amide bonds. The van der Waals surface area contributed by atoms with Crippen LogP contribution in [0.25, 0.3) is 22.4 Å². The number of aryl methyl sites for hydroxylation is 1. The highest BCUT2D eigenvalue weighted by Gasteiger charge is 2.15. The molecule has 1 N–H and O–H groups in total. The molecule has 0 atom stereocenters. The van der Waals surface area contributed by atoms with Gasteiger partial charge in [0.15, 0.2) is 6.61 Å². The number of non-ortho nitro benzene ring substituents is 1. The van der Waals surface area contributed by atoms with Crippen molar-refractivity contribution in [3.05, 3.63) is 86.7 Å². The van der Waals surface area contributed by atoms with Crippen LogP contribution >= 0.6 is 11.3 Å². The molecule has 0 saturated carbocycles. The van der Waals surface area contributed by atoms with Crippen LogP contribution in [0.5, 0.6) is 17.2 Å². The highest BCUT2D eigenvalue weighted by Crippen LogP contribution is 2.37. The Morgan fingerprint density at radius 2 is 1.72 bits per heavy atom. The number of thiazole rings is 1. The van der Waals surface area contributed by atoms with Crippen LogP contribution in [0.3, 0.4) is 0 Å². The predicted molar refractivity (Wildman–Crippen MR) is 135 cm³/mol. The van der Waals surface area contributed by atoms with Gasteiger partial charge in [-0.1, -0.05) is 12.1 Å². The first-order valence-corrected chi connectivity index (χ1v) is 11.7. The summed E-state index contributed by atoms with van der Waals surface area (Å²) in [4.78, 5) is 26.0. The number of carbonyl (C=O) groups is 1. The van der Waals surface area contributed by atoms with Gasteiger partial charge in [0.25, 0.3) is 5.69 Å². The minimum absolute atomic E-state index is 0.0229. The fourth-order valence-electron chi connectivity index (χ4n) is 3.48. The first-order valence-electron chi connectivity index (χ1n) is 10.8. The molecule has 0 unspecified atom stereocenters. The molecule has 4 aromatic rings. The van der Waals surface area contributed by atoms with Crippen molar-refractivity contribution >= 4 is 23.0 Å². The van der Waals surface area contributed by atoms with E-state index in [1.165, 1.54) is 23.5 Å². The van der Waals surface area contributed by atoms with E-state index in [1.807, 2.05) is 42.6 Å². The van der Waals surface area contributed by atoms with Crippen LogP contribution < -0.4 is 14.2 Å². The van der Waals surface area contributed by atoms with Gasteiger partial charge in [-0.2, -0.15) is 0 Å². The van der Waals surface area contributed by atoms with E-state index < -0.39 is 17.5 Å². The molecule has 3 aromatic carbocycles. The molecule has 0 fully saturated rings. The summed E-state index contributed by atoms with van der Waals surface area (Å²) in [5.41, 5.74) is 3.81. The fourth-order valence-corrected chi connectivity index (χ4v) is 4.19. The summed E-state index contributed by atoms with van der Waals surface area (Å²) in [6, 6.07) is 17.2. The second-order valence-corrected chi connectivity index (χ2v) is 8.69. The molecular formula is C26H22N2O7S. The lowest BCUT2D eigenvalue weighted by Gasteiger charge is -2.16. The Labute approximate surface area is 210 Å². The topological polar surface area (TPSA) is 121 Å². The van der Waals surface area contributed by atoms with Crippen molar-refractivity contribution < 1.29 is 29.0 Å². The summed E-state index contributed by atoms with van der Waals surface area (Å²) in [6.45, 7) is 1.57. The second-order valence-electron chi connectivity index (χ2n) is 7.74. The van der Waals surface area contributed by atoms with Gasteiger partial charge in [0, 0.05) is 28.6 Å². The minimum atomic E-state index is -1.06. The zero-order valence-corrected chi connectivity index (χ0v) is 20.3. The number of carboxylic acid groups (broad SMARTS) is 1. The number of nitro benzene ring substituents is 1. The molecule has 0 aliphatic carbocycles. The van der Waals surface area contributed by atoms with Crippen LogP contribution in [0, 0.1) is 17.0 Å². The Morgan fingerprint density at radius 1 is 1.03 bits per heavy atom. The summed E-state index contributed by atoms with van der Waals surface area (Å²) in [5, 5.41) is 22.5. The third-order valence-electron chi connectivity index (χ3n) is 5.31. The molecule has 0 radical (unpaired) electrons. The van der Waals surface area contributed by atoms with Crippen LogP contribution in [0.1, 0.15) is 10.6 Å². The van der Waals surface area contributed by atoms with Gasteiger partial charge < -0.3 is 19.3 Å². The van der Waals surface area contributed by atoms with E-state index >= 15 is 0 Å². The maximum Gasteiger partial charge on any atom is 0.341 e. The smallest absolute Gasteiger partial charge is 0.341 e. The zero-order chi connectivity index (χ0) is 25.7. The quantitative estimate of drug-likeness (QED) is 0.213. The van der Waals surface area contributed by atoms with E-state index in [1.54, 1.807) is 25.3 Å². The number of ether oxygens (including phenoxy) is 3. The Hall–Kier alpha value is -4.44. The summed E-state index contributed by atoms with van der Waals surface area (Å²) < 4.78 is 16.9. The summed E-state index contributed by atoms with van der Waals surface area (Å²) >= 11 is 1.42. The second kappa shape index (κ2) is 10.9. The molecular weight excluding hydrogens is 484 g/mol. The van der Waals surface area contributed by atoms with Crippen molar-refractivity contribution in [1.82, 2.24) is 4.98 Å². The molecule has 184 valence electrons.